The van der Waals surface area contributed by atoms with Crippen LogP contribution in [0.4, 0.5) is 0 Å². The van der Waals surface area contributed by atoms with Crippen LogP contribution in [0, 0.1) is 0 Å². The van der Waals surface area contributed by atoms with Gasteiger partial charge in [-0.05, 0) is 25.3 Å². The summed E-state index contributed by atoms with van der Waals surface area (Å²) in [5.41, 5.74) is 1.22. The van der Waals surface area contributed by atoms with Crippen LogP contribution >= 0.6 is 0 Å². The van der Waals surface area contributed by atoms with E-state index < -0.39 is 0 Å². The van der Waals surface area contributed by atoms with Crippen molar-refractivity contribution in [3.05, 3.63) is 48.0 Å². The standard InChI is InChI=1S/C18H26O2/c1-4-13-18(14-5-2,15-12-17(19)20-6-3)16-10-8-7-9-11-16/h7-12,15H,4-6,13-14H2,1-3H3. The predicted octanol–water partition coefficient (Wildman–Crippen LogP) is 4.64. The quantitative estimate of drug-likeness (QED) is 0.510. The Labute approximate surface area is 122 Å². The minimum Gasteiger partial charge on any atom is -0.463 e. The normalized spacial score (nSPS) is 11.8. The van der Waals surface area contributed by atoms with Crippen molar-refractivity contribution in [1.82, 2.24) is 0 Å². The Morgan fingerprint density at radius 1 is 1.10 bits per heavy atom. The first-order valence-corrected chi connectivity index (χ1v) is 7.60. The summed E-state index contributed by atoms with van der Waals surface area (Å²) in [5.74, 6) is -0.250. The molecule has 1 aromatic carbocycles. The molecule has 0 N–H and O–H groups in total. The first-order valence-electron chi connectivity index (χ1n) is 7.60. The summed E-state index contributed by atoms with van der Waals surface area (Å²) in [7, 11) is 0. The second kappa shape index (κ2) is 8.57. The highest BCUT2D eigenvalue weighted by molar-refractivity contribution is 5.82. The van der Waals surface area contributed by atoms with Gasteiger partial charge >= 0.3 is 5.97 Å². The van der Waals surface area contributed by atoms with Gasteiger partial charge in [0.1, 0.15) is 0 Å². The molecule has 0 aliphatic carbocycles. The molecule has 1 aromatic rings. The van der Waals surface area contributed by atoms with E-state index in [1.807, 2.05) is 19.1 Å². The molecule has 0 amide bonds. The van der Waals surface area contributed by atoms with E-state index in [1.165, 1.54) is 5.56 Å². The molecule has 0 heterocycles. The molecule has 0 radical (unpaired) electrons. The highest BCUT2D eigenvalue weighted by Crippen LogP contribution is 2.35. The summed E-state index contributed by atoms with van der Waals surface area (Å²) in [6, 6.07) is 10.5. The lowest BCUT2D eigenvalue weighted by Gasteiger charge is -2.31. The van der Waals surface area contributed by atoms with Gasteiger partial charge in [-0.15, -0.1) is 0 Å². The molecule has 0 aromatic heterocycles. The number of carbonyl (C=O) groups is 1. The van der Waals surface area contributed by atoms with E-state index in [0.29, 0.717) is 6.61 Å². The molecule has 20 heavy (non-hydrogen) atoms. The topological polar surface area (TPSA) is 26.3 Å². The number of rotatable bonds is 8. The van der Waals surface area contributed by atoms with Crippen molar-refractivity contribution >= 4 is 5.97 Å². The smallest absolute Gasteiger partial charge is 0.330 e. The summed E-state index contributed by atoms with van der Waals surface area (Å²) in [6.07, 6.45) is 7.90. The molecule has 2 heteroatoms. The third kappa shape index (κ3) is 4.52. The molecule has 1 rings (SSSR count). The Morgan fingerprint density at radius 2 is 1.70 bits per heavy atom. The van der Waals surface area contributed by atoms with E-state index in [1.54, 1.807) is 6.08 Å². The molecule has 0 atom stereocenters. The lowest BCUT2D eigenvalue weighted by atomic mass is 9.73. The summed E-state index contributed by atoms with van der Waals surface area (Å²) in [4.78, 5) is 11.6. The van der Waals surface area contributed by atoms with Gasteiger partial charge in [0.15, 0.2) is 0 Å². The molecule has 0 unspecified atom stereocenters. The van der Waals surface area contributed by atoms with Crippen molar-refractivity contribution in [2.75, 3.05) is 6.61 Å². The summed E-state index contributed by atoms with van der Waals surface area (Å²) in [5, 5.41) is 0. The fourth-order valence-corrected chi connectivity index (χ4v) is 2.76. The molecular weight excluding hydrogens is 248 g/mol. The fourth-order valence-electron chi connectivity index (χ4n) is 2.76. The fraction of sp³-hybridized carbons (Fsp3) is 0.500. The maximum atomic E-state index is 11.6. The Balaban J connectivity index is 3.08. The zero-order chi connectivity index (χ0) is 14.8. The second-order valence-corrected chi connectivity index (χ2v) is 5.11. The van der Waals surface area contributed by atoms with E-state index in [0.717, 1.165) is 25.7 Å². The predicted molar refractivity (Wildman–Crippen MR) is 83.7 cm³/mol. The molecule has 0 saturated carbocycles. The van der Waals surface area contributed by atoms with Gasteiger partial charge in [0.25, 0.3) is 0 Å². The van der Waals surface area contributed by atoms with Crippen LogP contribution in [0.1, 0.15) is 52.0 Å². The molecule has 2 nitrogen and oxygen atoms in total. The van der Waals surface area contributed by atoms with Crippen LogP contribution in [0.25, 0.3) is 0 Å². The maximum Gasteiger partial charge on any atom is 0.330 e. The van der Waals surface area contributed by atoms with Crippen molar-refractivity contribution in [2.45, 2.75) is 51.9 Å². The summed E-state index contributed by atoms with van der Waals surface area (Å²) in [6.45, 7) is 6.62. The van der Waals surface area contributed by atoms with Crippen molar-refractivity contribution < 1.29 is 9.53 Å². The number of esters is 1. The van der Waals surface area contributed by atoms with Crippen LogP contribution in [-0.2, 0) is 14.9 Å². The Morgan fingerprint density at radius 3 is 2.20 bits per heavy atom. The summed E-state index contributed by atoms with van der Waals surface area (Å²) >= 11 is 0. The largest absolute Gasteiger partial charge is 0.463 e. The number of carbonyl (C=O) groups excluding carboxylic acids is 1. The number of hydrogen-bond donors (Lipinski definition) is 0. The van der Waals surface area contributed by atoms with Gasteiger partial charge in [0.2, 0.25) is 0 Å². The molecule has 0 saturated heterocycles. The van der Waals surface area contributed by atoms with E-state index >= 15 is 0 Å². The van der Waals surface area contributed by atoms with Gasteiger partial charge in [0.05, 0.1) is 6.61 Å². The number of hydrogen-bond acceptors (Lipinski definition) is 2. The Bertz CT molecular complexity index is 414. The van der Waals surface area contributed by atoms with E-state index in [9.17, 15) is 4.79 Å². The number of ether oxygens (including phenoxy) is 1. The molecule has 0 bridgehead atoms. The number of benzene rings is 1. The molecule has 0 aliphatic heterocycles. The van der Waals surface area contributed by atoms with Crippen LogP contribution in [0.5, 0.6) is 0 Å². The van der Waals surface area contributed by atoms with Gasteiger partial charge < -0.3 is 4.74 Å². The number of allylic oxidation sites excluding steroid dienone is 1. The molecular formula is C18H26O2. The lowest BCUT2D eigenvalue weighted by molar-refractivity contribution is -0.137. The summed E-state index contributed by atoms with van der Waals surface area (Å²) < 4.78 is 5.00. The average molecular weight is 274 g/mol. The van der Waals surface area contributed by atoms with Crippen molar-refractivity contribution in [3.63, 3.8) is 0 Å². The minimum atomic E-state index is -0.250. The third-order valence-electron chi connectivity index (χ3n) is 3.57. The molecule has 0 fully saturated rings. The minimum absolute atomic E-state index is 0.0580. The lowest BCUT2D eigenvalue weighted by Crippen LogP contribution is -2.24. The molecule has 110 valence electrons. The van der Waals surface area contributed by atoms with Crippen LogP contribution < -0.4 is 0 Å². The van der Waals surface area contributed by atoms with Crippen molar-refractivity contribution in [1.29, 1.82) is 0 Å². The van der Waals surface area contributed by atoms with E-state index in [2.05, 4.69) is 38.1 Å². The maximum absolute atomic E-state index is 11.6. The van der Waals surface area contributed by atoms with Crippen molar-refractivity contribution in [2.24, 2.45) is 0 Å². The first-order chi connectivity index (χ1) is 9.68. The average Bonchev–Trinajstić information content (AvgIpc) is 2.46. The van der Waals surface area contributed by atoms with Crippen LogP contribution in [0.3, 0.4) is 0 Å². The Hall–Kier alpha value is -1.57. The zero-order valence-electron chi connectivity index (χ0n) is 12.9. The third-order valence-corrected chi connectivity index (χ3v) is 3.57. The molecule has 0 spiro atoms. The van der Waals surface area contributed by atoms with Crippen molar-refractivity contribution in [3.8, 4) is 0 Å². The van der Waals surface area contributed by atoms with Gasteiger partial charge in [-0.3, -0.25) is 0 Å². The van der Waals surface area contributed by atoms with E-state index in [-0.39, 0.29) is 11.4 Å². The zero-order valence-corrected chi connectivity index (χ0v) is 12.9. The highest BCUT2D eigenvalue weighted by Gasteiger charge is 2.27. The first kappa shape index (κ1) is 16.5. The van der Waals surface area contributed by atoms with Crippen LogP contribution in [0.2, 0.25) is 0 Å². The van der Waals surface area contributed by atoms with Crippen LogP contribution in [-0.4, -0.2) is 12.6 Å². The SMILES string of the molecule is CCCC(C=CC(=O)OCC)(CCC)c1ccccc1. The second-order valence-electron chi connectivity index (χ2n) is 5.11. The van der Waals surface area contributed by atoms with Gasteiger partial charge in [-0.25, -0.2) is 4.79 Å². The van der Waals surface area contributed by atoms with E-state index in [4.69, 9.17) is 4.74 Å². The Kier molecular flexibility index (Phi) is 7.06. The van der Waals surface area contributed by atoms with Gasteiger partial charge in [-0.1, -0.05) is 63.1 Å². The van der Waals surface area contributed by atoms with Crippen LogP contribution in [0.15, 0.2) is 42.5 Å². The monoisotopic (exact) mass is 274 g/mol. The van der Waals surface area contributed by atoms with Gasteiger partial charge in [0, 0.05) is 11.5 Å². The van der Waals surface area contributed by atoms with Gasteiger partial charge in [-0.2, -0.15) is 0 Å². The molecule has 0 aliphatic rings. The highest BCUT2D eigenvalue weighted by atomic mass is 16.5.